The first-order chi connectivity index (χ1) is 9.69. The number of benzene rings is 1. The molecule has 1 aromatic heterocycles. The number of para-hydroxylation sites is 2. The Balaban J connectivity index is 1.72. The number of rotatable bonds is 3. The van der Waals surface area contributed by atoms with Gasteiger partial charge in [-0.25, -0.2) is 4.98 Å². The molecule has 3 nitrogen and oxygen atoms in total. The number of imidazole rings is 1. The molecule has 3 unspecified atom stereocenters. The second-order valence-corrected chi connectivity index (χ2v) is 6.62. The van der Waals surface area contributed by atoms with Crippen LogP contribution in [0.2, 0.25) is 0 Å². The van der Waals surface area contributed by atoms with Gasteiger partial charge in [-0.05, 0) is 56.6 Å². The molecule has 106 valence electrons. The maximum absolute atomic E-state index is 11.0. The molecule has 4 rings (SSSR count). The SMILES string of the molecule is CCn1c(CC2(O)CC3CCC2C3)nc2ccccc21. The number of aliphatic hydroxyl groups is 1. The summed E-state index contributed by atoms with van der Waals surface area (Å²) in [5, 5.41) is 11.0. The molecule has 1 heterocycles. The zero-order chi connectivity index (χ0) is 13.7. The fourth-order valence-electron chi connectivity index (χ4n) is 4.52. The molecule has 2 fully saturated rings. The first kappa shape index (κ1) is 12.4. The van der Waals surface area contributed by atoms with Gasteiger partial charge in [0.15, 0.2) is 0 Å². The molecule has 0 radical (unpaired) electrons. The maximum atomic E-state index is 11.0. The van der Waals surface area contributed by atoms with Crippen molar-refractivity contribution in [1.29, 1.82) is 0 Å². The molecule has 1 aromatic carbocycles. The lowest BCUT2D eigenvalue weighted by molar-refractivity contribution is -0.0146. The zero-order valence-corrected chi connectivity index (χ0v) is 12.0. The van der Waals surface area contributed by atoms with E-state index in [2.05, 4.69) is 29.7 Å². The van der Waals surface area contributed by atoms with Crippen molar-refractivity contribution < 1.29 is 5.11 Å². The Morgan fingerprint density at radius 1 is 1.35 bits per heavy atom. The van der Waals surface area contributed by atoms with Gasteiger partial charge in [-0.2, -0.15) is 0 Å². The van der Waals surface area contributed by atoms with E-state index in [9.17, 15) is 5.11 Å². The Labute approximate surface area is 119 Å². The quantitative estimate of drug-likeness (QED) is 0.930. The number of nitrogens with zero attached hydrogens (tertiary/aromatic N) is 2. The summed E-state index contributed by atoms with van der Waals surface area (Å²) in [7, 11) is 0. The highest BCUT2D eigenvalue weighted by molar-refractivity contribution is 5.75. The molecule has 2 aliphatic carbocycles. The van der Waals surface area contributed by atoms with Crippen LogP contribution in [0.3, 0.4) is 0 Å². The monoisotopic (exact) mass is 270 g/mol. The predicted molar refractivity (Wildman–Crippen MR) is 79.5 cm³/mol. The van der Waals surface area contributed by atoms with Crippen LogP contribution >= 0.6 is 0 Å². The molecule has 0 saturated heterocycles. The lowest BCUT2D eigenvalue weighted by Gasteiger charge is -2.32. The van der Waals surface area contributed by atoms with Crippen LogP contribution in [-0.2, 0) is 13.0 Å². The highest BCUT2D eigenvalue weighted by atomic mass is 16.3. The van der Waals surface area contributed by atoms with Gasteiger partial charge in [0.2, 0.25) is 0 Å². The van der Waals surface area contributed by atoms with Crippen molar-refractivity contribution in [1.82, 2.24) is 9.55 Å². The number of fused-ring (bicyclic) bond motifs is 3. The number of aromatic nitrogens is 2. The van der Waals surface area contributed by atoms with Crippen molar-refractivity contribution in [2.75, 3.05) is 0 Å². The molecule has 0 spiro atoms. The van der Waals surface area contributed by atoms with E-state index in [1.165, 1.54) is 24.8 Å². The zero-order valence-electron chi connectivity index (χ0n) is 12.0. The van der Waals surface area contributed by atoms with Crippen LogP contribution in [0.5, 0.6) is 0 Å². The number of aryl methyl sites for hydroxylation is 1. The third-order valence-corrected chi connectivity index (χ3v) is 5.46. The second kappa shape index (κ2) is 4.32. The summed E-state index contributed by atoms with van der Waals surface area (Å²) in [6.45, 7) is 3.07. The lowest BCUT2D eigenvalue weighted by Crippen LogP contribution is -2.38. The summed E-state index contributed by atoms with van der Waals surface area (Å²) in [6.07, 6.45) is 5.44. The van der Waals surface area contributed by atoms with Gasteiger partial charge in [-0.15, -0.1) is 0 Å². The molecular weight excluding hydrogens is 248 g/mol. The molecule has 3 atom stereocenters. The fraction of sp³-hybridized carbons (Fsp3) is 0.588. The minimum atomic E-state index is -0.503. The first-order valence-electron chi connectivity index (χ1n) is 7.86. The van der Waals surface area contributed by atoms with Crippen LogP contribution in [-0.4, -0.2) is 20.3 Å². The Bertz CT molecular complexity index is 647. The lowest BCUT2D eigenvalue weighted by atomic mass is 9.81. The van der Waals surface area contributed by atoms with Crippen LogP contribution in [0.4, 0.5) is 0 Å². The summed E-state index contributed by atoms with van der Waals surface area (Å²) in [4.78, 5) is 4.78. The van der Waals surface area contributed by atoms with Crippen LogP contribution in [0.25, 0.3) is 11.0 Å². The van der Waals surface area contributed by atoms with E-state index < -0.39 is 5.60 Å². The Hall–Kier alpha value is -1.35. The van der Waals surface area contributed by atoms with Crippen LogP contribution in [0, 0.1) is 11.8 Å². The topological polar surface area (TPSA) is 38.0 Å². The largest absolute Gasteiger partial charge is 0.389 e. The van der Waals surface area contributed by atoms with Gasteiger partial charge in [0, 0.05) is 13.0 Å². The van der Waals surface area contributed by atoms with E-state index in [0.717, 1.165) is 36.6 Å². The Morgan fingerprint density at radius 2 is 2.20 bits per heavy atom. The summed E-state index contributed by atoms with van der Waals surface area (Å²) < 4.78 is 2.26. The minimum Gasteiger partial charge on any atom is -0.389 e. The van der Waals surface area contributed by atoms with Crippen molar-refractivity contribution in [3.8, 4) is 0 Å². The van der Waals surface area contributed by atoms with E-state index in [-0.39, 0.29) is 0 Å². The third-order valence-electron chi connectivity index (χ3n) is 5.46. The van der Waals surface area contributed by atoms with E-state index in [1.807, 2.05) is 6.07 Å². The maximum Gasteiger partial charge on any atom is 0.112 e. The van der Waals surface area contributed by atoms with Gasteiger partial charge in [0.05, 0.1) is 16.6 Å². The van der Waals surface area contributed by atoms with Crippen LogP contribution < -0.4 is 0 Å². The average molecular weight is 270 g/mol. The smallest absolute Gasteiger partial charge is 0.112 e. The Kier molecular flexibility index (Phi) is 2.68. The highest BCUT2D eigenvalue weighted by Crippen LogP contribution is 2.51. The Morgan fingerprint density at radius 3 is 2.90 bits per heavy atom. The molecule has 0 aliphatic heterocycles. The molecule has 2 bridgehead atoms. The molecule has 20 heavy (non-hydrogen) atoms. The van der Waals surface area contributed by atoms with Gasteiger partial charge in [-0.1, -0.05) is 12.1 Å². The second-order valence-electron chi connectivity index (χ2n) is 6.62. The van der Waals surface area contributed by atoms with Crippen molar-refractivity contribution in [2.24, 2.45) is 11.8 Å². The van der Waals surface area contributed by atoms with Crippen LogP contribution in [0.1, 0.15) is 38.4 Å². The summed E-state index contributed by atoms with van der Waals surface area (Å²) >= 11 is 0. The van der Waals surface area contributed by atoms with E-state index in [0.29, 0.717) is 5.92 Å². The van der Waals surface area contributed by atoms with Gasteiger partial charge in [0.1, 0.15) is 5.82 Å². The van der Waals surface area contributed by atoms with Gasteiger partial charge in [-0.3, -0.25) is 0 Å². The number of hydrogen-bond acceptors (Lipinski definition) is 2. The molecular formula is C17H22N2O. The summed E-state index contributed by atoms with van der Waals surface area (Å²) in [5.74, 6) is 2.31. The molecule has 2 aromatic rings. The van der Waals surface area contributed by atoms with Gasteiger partial charge < -0.3 is 9.67 Å². The third kappa shape index (κ3) is 1.72. The van der Waals surface area contributed by atoms with Crippen molar-refractivity contribution in [2.45, 2.75) is 51.2 Å². The molecule has 2 aliphatic rings. The number of hydrogen-bond donors (Lipinski definition) is 1. The minimum absolute atomic E-state index is 0.498. The van der Waals surface area contributed by atoms with Crippen LogP contribution in [0.15, 0.2) is 24.3 Å². The van der Waals surface area contributed by atoms with Crippen molar-refractivity contribution in [3.05, 3.63) is 30.1 Å². The highest BCUT2D eigenvalue weighted by Gasteiger charge is 2.50. The van der Waals surface area contributed by atoms with Crippen molar-refractivity contribution in [3.63, 3.8) is 0 Å². The summed E-state index contributed by atoms with van der Waals surface area (Å²) in [6, 6.07) is 8.29. The standard InChI is InChI=1S/C17H22N2O/c1-2-19-15-6-4-3-5-14(15)18-16(19)11-17(20)10-12-7-8-13(17)9-12/h3-6,12-13,20H,2,7-11H2,1H3. The first-order valence-corrected chi connectivity index (χ1v) is 7.86. The summed E-state index contributed by atoms with van der Waals surface area (Å²) in [5.41, 5.74) is 1.74. The van der Waals surface area contributed by atoms with Gasteiger partial charge in [0.25, 0.3) is 0 Å². The molecule has 3 heteroatoms. The van der Waals surface area contributed by atoms with Gasteiger partial charge >= 0.3 is 0 Å². The van der Waals surface area contributed by atoms with E-state index in [4.69, 9.17) is 4.98 Å². The molecule has 1 N–H and O–H groups in total. The fourth-order valence-corrected chi connectivity index (χ4v) is 4.52. The predicted octanol–water partition coefficient (Wildman–Crippen LogP) is 3.15. The normalized spacial score (nSPS) is 32.3. The van der Waals surface area contributed by atoms with E-state index >= 15 is 0 Å². The van der Waals surface area contributed by atoms with E-state index in [1.54, 1.807) is 0 Å². The molecule has 0 amide bonds. The molecule has 2 saturated carbocycles. The van der Waals surface area contributed by atoms with Crippen molar-refractivity contribution >= 4 is 11.0 Å². The average Bonchev–Trinajstić information content (AvgIpc) is 3.09.